The smallest absolute Gasteiger partial charge is 0.226 e. The summed E-state index contributed by atoms with van der Waals surface area (Å²) in [5.41, 5.74) is 1.86. The van der Waals surface area contributed by atoms with Gasteiger partial charge in [0.15, 0.2) is 0 Å². The van der Waals surface area contributed by atoms with Crippen LogP contribution in [0.2, 0.25) is 0 Å². The van der Waals surface area contributed by atoms with Crippen molar-refractivity contribution in [2.24, 2.45) is 11.8 Å². The average molecular weight is 277 g/mol. The number of aliphatic hydroxyl groups is 1. The molecule has 110 valence electrons. The average Bonchev–Trinajstić information content (AvgIpc) is 2.70. The van der Waals surface area contributed by atoms with Gasteiger partial charge in [-0.3, -0.25) is 4.79 Å². The van der Waals surface area contributed by atoms with E-state index >= 15 is 0 Å². The molecule has 0 saturated carbocycles. The van der Waals surface area contributed by atoms with Crippen molar-refractivity contribution in [2.45, 2.75) is 46.1 Å². The Morgan fingerprint density at radius 2 is 1.95 bits per heavy atom. The fourth-order valence-corrected chi connectivity index (χ4v) is 2.86. The number of carbonyl (C=O) groups is 1. The molecule has 1 amide bonds. The molecule has 2 rings (SSSR count). The molecule has 4 unspecified atom stereocenters. The molecule has 1 aromatic rings. The molecule has 0 aromatic heterocycles. The normalized spacial score (nSPS) is 29.4. The van der Waals surface area contributed by atoms with Crippen LogP contribution >= 0.6 is 0 Å². The number of hydrogen-bond donors (Lipinski definition) is 2. The maximum atomic E-state index is 12.3. The van der Waals surface area contributed by atoms with Gasteiger partial charge < -0.3 is 15.2 Å². The van der Waals surface area contributed by atoms with Crippen LogP contribution in [0.5, 0.6) is 0 Å². The number of carbonyl (C=O) groups excluding carboxylic acids is 1. The van der Waals surface area contributed by atoms with Crippen LogP contribution < -0.4 is 5.32 Å². The number of benzene rings is 1. The summed E-state index contributed by atoms with van der Waals surface area (Å²) in [4.78, 5) is 12.3. The molecule has 1 aliphatic heterocycles. The number of ether oxygens (including phenoxy) is 1. The Kier molecular flexibility index (Phi) is 4.78. The molecule has 0 spiro atoms. The summed E-state index contributed by atoms with van der Waals surface area (Å²) < 4.78 is 5.70. The van der Waals surface area contributed by atoms with E-state index in [1.807, 2.05) is 38.1 Å². The third-order valence-corrected chi connectivity index (χ3v) is 4.19. The van der Waals surface area contributed by atoms with Crippen molar-refractivity contribution in [1.82, 2.24) is 5.32 Å². The second-order valence-electron chi connectivity index (χ2n) is 5.63. The second-order valence-corrected chi connectivity index (χ2v) is 5.63. The van der Waals surface area contributed by atoms with E-state index in [9.17, 15) is 4.79 Å². The second kappa shape index (κ2) is 6.37. The lowest BCUT2D eigenvalue weighted by atomic mass is 9.89. The summed E-state index contributed by atoms with van der Waals surface area (Å²) in [6.07, 6.45) is 0.0854. The molecule has 1 saturated heterocycles. The molecule has 20 heavy (non-hydrogen) atoms. The number of hydrogen-bond acceptors (Lipinski definition) is 3. The fourth-order valence-electron chi connectivity index (χ4n) is 2.86. The van der Waals surface area contributed by atoms with Crippen LogP contribution in [0.15, 0.2) is 24.3 Å². The van der Waals surface area contributed by atoms with Crippen LogP contribution in [-0.4, -0.2) is 23.2 Å². The first-order valence-corrected chi connectivity index (χ1v) is 7.14. The van der Waals surface area contributed by atoms with Crippen molar-refractivity contribution in [3.8, 4) is 0 Å². The van der Waals surface area contributed by atoms with Crippen molar-refractivity contribution in [3.05, 3.63) is 35.4 Å². The van der Waals surface area contributed by atoms with Crippen LogP contribution in [0, 0.1) is 11.8 Å². The Balaban J connectivity index is 1.95. The van der Waals surface area contributed by atoms with Crippen molar-refractivity contribution in [2.75, 3.05) is 0 Å². The van der Waals surface area contributed by atoms with Crippen LogP contribution in [-0.2, 0) is 22.7 Å². The van der Waals surface area contributed by atoms with Crippen molar-refractivity contribution in [1.29, 1.82) is 0 Å². The van der Waals surface area contributed by atoms with Gasteiger partial charge in [0.1, 0.15) is 0 Å². The predicted octanol–water partition coefficient (Wildman–Crippen LogP) is 1.85. The van der Waals surface area contributed by atoms with Crippen LogP contribution in [0.25, 0.3) is 0 Å². The summed E-state index contributed by atoms with van der Waals surface area (Å²) in [6, 6.07) is 7.60. The lowest BCUT2D eigenvalue weighted by Crippen LogP contribution is -2.36. The summed E-state index contributed by atoms with van der Waals surface area (Å²) in [5, 5.41) is 12.1. The fraction of sp³-hybridized carbons (Fsp3) is 0.562. The van der Waals surface area contributed by atoms with Gasteiger partial charge in [-0.25, -0.2) is 0 Å². The number of rotatable bonds is 4. The summed E-state index contributed by atoms with van der Waals surface area (Å²) in [5.74, 6) is 0.184. The molecule has 2 N–H and O–H groups in total. The van der Waals surface area contributed by atoms with E-state index in [2.05, 4.69) is 12.2 Å². The molecular formula is C16H23NO3. The minimum Gasteiger partial charge on any atom is -0.392 e. The zero-order valence-corrected chi connectivity index (χ0v) is 12.3. The SMILES string of the molecule is CC1OC(C)C(C(=O)NCc2cccc(CO)c2)C1C. The van der Waals surface area contributed by atoms with E-state index in [1.54, 1.807) is 0 Å². The van der Waals surface area contributed by atoms with E-state index in [0.29, 0.717) is 6.54 Å². The zero-order chi connectivity index (χ0) is 14.7. The Hall–Kier alpha value is -1.39. The summed E-state index contributed by atoms with van der Waals surface area (Å²) in [7, 11) is 0. The molecule has 1 heterocycles. The quantitative estimate of drug-likeness (QED) is 0.883. The highest BCUT2D eigenvalue weighted by Crippen LogP contribution is 2.32. The first-order chi connectivity index (χ1) is 9.52. The van der Waals surface area contributed by atoms with Gasteiger partial charge >= 0.3 is 0 Å². The van der Waals surface area contributed by atoms with Gasteiger partial charge in [0, 0.05) is 6.54 Å². The van der Waals surface area contributed by atoms with Crippen LogP contribution in [0.4, 0.5) is 0 Å². The maximum absolute atomic E-state index is 12.3. The van der Waals surface area contributed by atoms with Crippen molar-refractivity contribution < 1.29 is 14.6 Å². The largest absolute Gasteiger partial charge is 0.392 e. The van der Waals surface area contributed by atoms with E-state index in [1.165, 1.54) is 0 Å². The maximum Gasteiger partial charge on any atom is 0.226 e. The van der Waals surface area contributed by atoms with Crippen molar-refractivity contribution in [3.63, 3.8) is 0 Å². The van der Waals surface area contributed by atoms with Gasteiger partial charge in [0.2, 0.25) is 5.91 Å². The molecule has 4 nitrogen and oxygen atoms in total. The molecule has 4 heteroatoms. The number of amides is 1. The van der Waals surface area contributed by atoms with Crippen LogP contribution in [0.1, 0.15) is 31.9 Å². The molecule has 1 fully saturated rings. The Bertz CT molecular complexity index is 475. The van der Waals surface area contributed by atoms with Crippen molar-refractivity contribution >= 4 is 5.91 Å². The molecular weight excluding hydrogens is 254 g/mol. The summed E-state index contributed by atoms with van der Waals surface area (Å²) in [6.45, 7) is 6.53. The Morgan fingerprint density at radius 3 is 2.55 bits per heavy atom. The minimum absolute atomic E-state index is 0.0177. The monoisotopic (exact) mass is 277 g/mol. The van der Waals surface area contributed by atoms with Gasteiger partial charge in [0.05, 0.1) is 24.7 Å². The highest BCUT2D eigenvalue weighted by Gasteiger charge is 2.41. The van der Waals surface area contributed by atoms with Crippen LogP contribution in [0.3, 0.4) is 0 Å². The Morgan fingerprint density at radius 1 is 1.25 bits per heavy atom. The van der Waals surface area contributed by atoms with Gasteiger partial charge in [-0.15, -0.1) is 0 Å². The Labute approximate surface area is 120 Å². The zero-order valence-electron chi connectivity index (χ0n) is 12.3. The first kappa shape index (κ1) is 15.0. The van der Waals surface area contributed by atoms with Gasteiger partial charge in [0.25, 0.3) is 0 Å². The highest BCUT2D eigenvalue weighted by atomic mass is 16.5. The third kappa shape index (κ3) is 3.19. The van der Waals surface area contributed by atoms with E-state index in [-0.39, 0.29) is 36.6 Å². The first-order valence-electron chi connectivity index (χ1n) is 7.14. The molecule has 0 bridgehead atoms. The van der Waals surface area contributed by atoms with Gasteiger partial charge in [-0.05, 0) is 30.9 Å². The highest BCUT2D eigenvalue weighted by molar-refractivity contribution is 5.79. The topological polar surface area (TPSA) is 58.6 Å². The lowest BCUT2D eigenvalue weighted by molar-refractivity contribution is -0.127. The van der Waals surface area contributed by atoms with E-state index < -0.39 is 0 Å². The number of aliphatic hydroxyl groups excluding tert-OH is 1. The predicted molar refractivity (Wildman–Crippen MR) is 76.9 cm³/mol. The molecule has 1 aliphatic rings. The minimum atomic E-state index is -0.0916. The standard InChI is InChI=1S/C16H23NO3/c1-10-11(2)20-12(3)15(10)16(19)17-8-13-5-4-6-14(7-13)9-18/h4-7,10-12,15,18H,8-9H2,1-3H3,(H,17,19). The summed E-state index contributed by atoms with van der Waals surface area (Å²) >= 11 is 0. The van der Waals surface area contributed by atoms with Gasteiger partial charge in [-0.2, -0.15) is 0 Å². The third-order valence-electron chi connectivity index (χ3n) is 4.19. The number of nitrogens with one attached hydrogen (secondary N) is 1. The molecule has 4 atom stereocenters. The van der Waals surface area contributed by atoms with E-state index in [0.717, 1.165) is 11.1 Å². The molecule has 0 radical (unpaired) electrons. The van der Waals surface area contributed by atoms with Gasteiger partial charge in [-0.1, -0.05) is 31.2 Å². The lowest BCUT2D eigenvalue weighted by Gasteiger charge is -2.18. The van der Waals surface area contributed by atoms with E-state index in [4.69, 9.17) is 9.84 Å². The molecule has 0 aliphatic carbocycles. The molecule has 1 aromatic carbocycles.